The molecule has 0 unspecified atom stereocenters. The number of amides is 1. The fourth-order valence-electron chi connectivity index (χ4n) is 2.33. The average molecular weight is 313 g/mol. The number of rotatable bonds is 6. The molecule has 4 nitrogen and oxygen atoms in total. The minimum Gasteiger partial charge on any atom is -0.497 e. The molecule has 0 atom stereocenters. The smallest absolute Gasteiger partial charge is 0.224 e. The van der Waals surface area contributed by atoms with Gasteiger partial charge in [0.15, 0.2) is 0 Å². The molecule has 0 saturated heterocycles. The maximum Gasteiger partial charge on any atom is 0.224 e. The SMILES string of the molecule is COc1ccc(NC(=O)CCc2ccc(C)c(C)c2)c(OC)c1. The predicted molar refractivity (Wildman–Crippen MR) is 92.4 cm³/mol. The van der Waals surface area contributed by atoms with E-state index in [0.717, 1.165) is 0 Å². The molecule has 0 saturated carbocycles. The van der Waals surface area contributed by atoms with E-state index in [9.17, 15) is 4.79 Å². The van der Waals surface area contributed by atoms with E-state index in [1.165, 1.54) is 16.7 Å². The van der Waals surface area contributed by atoms with Crippen LogP contribution < -0.4 is 14.8 Å². The summed E-state index contributed by atoms with van der Waals surface area (Å²) in [5.41, 5.74) is 4.34. The number of aryl methyl sites for hydroxylation is 3. The molecule has 0 heterocycles. The van der Waals surface area contributed by atoms with Crippen LogP contribution in [-0.2, 0) is 11.2 Å². The molecule has 122 valence electrons. The third-order valence-electron chi connectivity index (χ3n) is 3.89. The maximum absolute atomic E-state index is 12.2. The van der Waals surface area contributed by atoms with Crippen molar-refractivity contribution in [3.05, 3.63) is 53.1 Å². The van der Waals surface area contributed by atoms with Crippen LogP contribution in [0, 0.1) is 13.8 Å². The number of carbonyl (C=O) groups is 1. The van der Waals surface area contributed by atoms with Crippen LogP contribution in [0.25, 0.3) is 0 Å². The van der Waals surface area contributed by atoms with Gasteiger partial charge in [-0.3, -0.25) is 4.79 Å². The Bertz CT molecular complexity index is 695. The highest BCUT2D eigenvalue weighted by Gasteiger charge is 2.09. The van der Waals surface area contributed by atoms with Crippen molar-refractivity contribution in [2.45, 2.75) is 26.7 Å². The Morgan fingerprint density at radius 1 is 1.00 bits per heavy atom. The zero-order valence-corrected chi connectivity index (χ0v) is 14.1. The first-order valence-corrected chi connectivity index (χ1v) is 7.61. The standard InChI is InChI=1S/C19H23NO3/c1-13-5-6-15(11-14(13)2)7-10-19(21)20-17-9-8-16(22-3)12-18(17)23-4/h5-6,8-9,11-12H,7,10H2,1-4H3,(H,20,21). The summed E-state index contributed by atoms with van der Waals surface area (Å²) in [5, 5.41) is 2.89. The highest BCUT2D eigenvalue weighted by molar-refractivity contribution is 5.92. The molecule has 0 aromatic heterocycles. The lowest BCUT2D eigenvalue weighted by Gasteiger charge is -2.12. The minimum atomic E-state index is -0.0355. The zero-order chi connectivity index (χ0) is 16.8. The van der Waals surface area contributed by atoms with Crippen molar-refractivity contribution in [3.8, 4) is 11.5 Å². The molecule has 1 amide bonds. The van der Waals surface area contributed by atoms with Crippen molar-refractivity contribution < 1.29 is 14.3 Å². The van der Waals surface area contributed by atoms with Crippen LogP contribution in [0.1, 0.15) is 23.1 Å². The summed E-state index contributed by atoms with van der Waals surface area (Å²) in [6.45, 7) is 4.17. The lowest BCUT2D eigenvalue weighted by Crippen LogP contribution is -2.13. The topological polar surface area (TPSA) is 47.6 Å². The van der Waals surface area contributed by atoms with E-state index in [4.69, 9.17) is 9.47 Å². The van der Waals surface area contributed by atoms with Gasteiger partial charge >= 0.3 is 0 Å². The van der Waals surface area contributed by atoms with E-state index in [2.05, 4.69) is 37.4 Å². The molecule has 0 aliphatic carbocycles. The number of nitrogens with one attached hydrogen (secondary N) is 1. The van der Waals surface area contributed by atoms with E-state index in [0.29, 0.717) is 30.0 Å². The summed E-state index contributed by atoms with van der Waals surface area (Å²) in [7, 11) is 3.16. The van der Waals surface area contributed by atoms with Crippen LogP contribution in [0.2, 0.25) is 0 Å². The quantitative estimate of drug-likeness (QED) is 0.880. The molecule has 0 aliphatic heterocycles. The van der Waals surface area contributed by atoms with Crippen molar-refractivity contribution in [1.29, 1.82) is 0 Å². The first kappa shape index (κ1) is 16.9. The van der Waals surface area contributed by atoms with E-state index in [1.807, 2.05) is 0 Å². The van der Waals surface area contributed by atoms with Crippen LogP contribution in [-0.4, -0.2) is 20.1 Å². The van der Waals surface area contributed by atoms with Crippen molar-refractivity contribution in [2.24, 2.45) is 0 Å². The average Bonchev–Trinajstić information content (AvgIpc) is 2.56. The number of methoxy groups -OCH3 is 2. The molecule has 0 bridgehead atoms. The second-order valence-electron chi connectivity index (χ2n) is 5.53. The number of hydrogen-bond donors (Lipinski definition) is 1. The second kappa shape index (κ2) is 7.68. The first-order valence-electron chi connectivity index (χ1n) is 7.61. The van der Waals surface area contributed by atoms with Gasteiger partial charge in [-0.15, -0.1) is 0 Å². The second-order valence-corrected chi connectivity index (χ2v) is 5.53. The highest BCUT2D eigenvalue weighted by atomic mass is 16.5. The Kier molecular flexibility index (Phi) is 5.63. The van der Waals surface area contributed by atoms with E-state index in [1.54, 1.807) is 32.4 Å². The van der Waals surface area contributed by atoms with Gasteiger partial charge in [-0.1, -0.05) is 18.2 Å². The fourth-order valence-corrected chi connectivity index (χ4v) is 2.33. The van der Waals surface area contributed by atoms with Crippen molar-refractivity contribution in [1.82, 2.24) is 0 Å². The Morgan fingerprint density at radius 3 is 2.43 bits per heavy atom. The van der Waals surface area contributed by atoms with E-state index < -0.39 is 0 Å². The van der Waals surface area contributed by atoms with Crippen LogP contribution in [0.4, 0.5) is 5.69 Å². The fraction of sp³-hybridized carbons (Fsp3) is 0.316. The highest BCUT2D eigenvalue weighted by Crippen LogP contribution is 2.29. The Hall–Kier alpha value is -2.49. The molecule has 2 aromatic carbocycles. The van der Waals surface area contributed by atoms with Crippen molar-refractivity contribution in [3.63, 3.8) is 0 Å². The summed E-state index contributed by atoms with van der Waals surface area (Å²) >= 11 is 0. The van der Waals surface area contributed by atoms with E-state index >= 15 is 0 Å². The molecule has 0 spiro atoms. The zero-order valence-electron chi connectivity index (χ0n) is 14.1. The van der Waals surface area contributed by atoms with Crippen molar-refractivity contribution >= 4 is 11.6 Å². The lowest BCUT2D eigenvalue weighted by atomic mass is 10.0. The van der Waals surface area contributed by atoms with Gasteiger partial charge in [-0.2, -0.15) is 0 Å². The lowest BCUT2D eigenvalue weighted by molar-refractivity contribution is -0.116. The summed E-state index contributed by atoms with van der Waals surface area (Å²) in [6, 6.07) is 11.6. The molecule has 2 rings (SSSR count). The summed E-state index contributed by atoms with van der Waals surface area (Å²) in [5.74, 6) is 1.24. The van der Waals surface area contributed by atoms with Crippen LogP contribution >= 0.6 is 0 Å². The van der Waals surface area contributed by atoms with Gasteiger partial charge in [0.2, 0.25) is 5.91 Å². The molecular formula is C19H23NO3. The molecule has 0 radical (unpaired) electrons. The third kappa shape index (κ3) is 4.49. The van der Waals surface area contributed by atoms with Gasteiger partial charge in [-0.05, 0) is 49.1 Å². The number of benzene rings is 2. The molecule has 4 heteroatoms. The van der Waals surface area contributed by atoms with E-state index in [-0.39, 0.29) is 5.91 Å². The van der Waals surface area contributed by atoms with Gasteiger partial charge in [-0.25, -0.2) is 0 Å². The van der Waals surface area contributed by atoms with Crippen LogP contribution in [0.5, 0.6) is 11.5 Å². The molecule has 2 aromatic rings. The van der Waals surface area contributed by atoms with Gasteiger partial charge < -0.3 is 14.8 Å². The molecule has 23 heavy (non-hydrogen) atoms. The van der Waals surface area contributed by atoms with Gasteiger partial charge in [0.25, 0.3) is 0 Å². The predicted octanol–water partition coefficient (Wildman–Crippen LogP) is 3.89. The summed E-state index contributed by atoms with van der Waals surface area (Å²) in [6.07, 6.45) is 1.14. The van der Waals surface area contributed by atoms with Crippen LogP contribution in [0.3, 0.4) is 0 Å². The van der Waals surface area contributed by atoms with Gasteiger partial charge in [0.1, 0.15) is 11.5 Å². The third-order valence-corrected chi connectivity index (χ3v) is 3.89. The number of hydrogen-bond acceptors (Lipinski definition) is 3. The summed E-state index contributed by atoms with van der Waals surface area (Å²) in [4.78, 5) is 12.2. The monoisotopic (exact) mass is 313 g/mol. The largest absolute Gasteiger partial charge is 0.497 e. The molecular weight excluding hydrogens is 290 g/mol. The van der Waals surface area contributed by atoms with Gasteiger partial charge in [0.05, 0.1) is 19.9 Å². The summed E-state index contributed by atoms with van der Waals surface area (Å²) < 4.78 is 10.4. The number of ether oxygens (including phenoxy) is 2. The normalized spacial score (nSPS) is 10.3. The molecule has 0 aliphatic rings. The Labute approximate surface area is 137 Å². The Morgan fingerprint density at radius 2 is 1.78 bits per heavy atom. The van der Waals surface area contributed by atoms with Gasteiger partial charge in [0, 0.05) is 12.5 Å². The van der Waals surface area contributed by atoms with Crippen LogP contribution in [0.15, 0.2) is 36.4 Å². The number of carbonyl (C=O) groups excluding carboxylic acids is 1. The maximum atomic E-state index is 12.2. The molecule has 1 N–H and O–H groups in total. The number of anilines is 1. The van der Waals surface area contributed by atoms with Crippen molar-refractivity contribution in [2.75, 3.05) is 19.5 Å². The minimum absolute atomic E-state index is 0.0355. The Balaban J connectivity index is 1.98. The first-order chi connectivity index (χ1) is 11.0. The molecule has 0 fully saturated rings.